The summed E-state index contributed by atoms with van der Waals surface area (Å²) in [5, 5.41) is 0. The third-order valence-electron chi connectivity index (χ3n) is 3.51. The van der Waals surface area contributed by atoms with Gasteiger partial charge in [-0.2, -0.15) is 0 Å². The maximum absolute atomic E-state index is 12.3. The first-order valence-electron chi connectivity index (χ1n) is 6.75. The van der Waals surface area contributed by atoms with Gasteiger partial charge in [0.15, 0.2) is 0 Å². The molecule has 0 atom stereocenters. The molecule has 0 unspecified atom stereocenters. The van der Waals surface area contributed by atoms with Gasteiger partial charge in [-0.25, -0.2) is 0 Å². The normalized spacial score (nSPS) is 16.4. The molecule has 0 radical (unpaired) electrons. The summed E-state index contributed by atoms with van der Waals surface area (Å²) in [6.45, 7) is 1.86. The fourth-order valence-electron chi connectivity index (χ4n) is 2.30. The van der Waals surface area contributed by atoms with E-state index in [1.54, 1.807) is 24.2 Å². The van der Waals surface area contributed by atoms with E-state index >= 15 is 0 Å². The van der Waals surface area contributed by atoms with E-state index in [0.29, 0.717) is 31.1 Å². The van der Waals surface area contributed by atoms with Crippen molar-refractivity contribution in [3.63, 3.8) is 0 Å². The van der Waals surface area contributed by atoms with Crippen LogP contribution in [0.5, 0.6) is 0 Å². The van der Waals surface area contributed by atoms with Crippen LogP contribution in [0.1, 0.15) is 23.2 Å². The van der Waals surface area contributed by atoms with Gasteiger partial charge < -0.3 is 14.2 Å². The van der Waals surface area contributed by atoms with Crippen molar-refractivity contribution < 1.29 is 9.53 Å². The maximum Gasteiger partial charge on any atom is 0.254 e. The highest BCUT2D eigenvalue weighted by Crippen LogP contribution is 2.16. The van der Waals surface area contributed by atoms with Crippen molar-refractivity contribution in [2.45, 2.75) is 18.9 Å². The molecule has 1 aromatic rings. The first-order chi connectivity index (χ1) is 9.61. The lowest BCUT2D eigenvalue weighted by atomic mass is 10.1. The molecule has 5 nitrogen and oxygen atoms in total. The molecule has 1 aliphatic rings. The van der Waals surface area contributed by atoms with Crippen LogP contribution >= 0.6 is 11.6 Å². The number of piperidine rings is 1. The molecular weight excluding hydrogens is 280 g/mol. The average molecular weight is 299 g/mol. The van der Waals surface area contributed by atoms with Crippen LogP contribution < -0.4 is 5.56 Å². The van der Waals surface area contributed by atoms with E-state index in [4.69, 9.17) is 16.3 Å². The van der Waals surface area contributed by atoms with Crippen LogP contribution in [0.4, 0.5) is 0 Å². The van der Waals surface area contributed by atoms with Crippen LogP contribution in [-0.2, 0) is 11.8 Å². The molecule has 1 saturated heterocycles. The van der Waals surface area contributed by atoms with E-state index in [-0.39, 0.29) is 17.6 Å². The van der Waals surface area contributed by atoms with E-state index in [2.05, 4.69) is 0 Å². The number of aromatic nitrogens is 1. The van der Waals surface area contributed by atoms with Gasteiger partial charge in [0.25, 0.3) is 11.5 Å². The topological polar surface area (TPSA) is 51.5 Å². The lowest BCUT2D eigenvalue weighted by Gasteiger charge is -2.31. The van der Waals surface area contributed by atoms with Gasteiger partial charge in [-0.05, 0) is 18.9 Å². The van der Waals surface area contributed by atoms with Gasteiger partial charge in [-0.15, -0.1) is 11.6 Å². The molecule has 2 heterocycles. The van der Waals surface area contributed by atoms with Crippen LogP contribution in [0.25, 0.3) is 0 Å². The second kappa shape index (κ2) is 6.90. The number of carbonyl (C=O) groups excluding carboxylic acids is 1. The third-order valence-corrected chi connectivity index (χ3v) is 3.67. The third kappa shape index (κ3) is 3.61. The summed E-state index contributed by atoms with van der Waals surface area (Å²) in [6.07, 6.45) is 3.42. The number of hydrogen-bond acceptors (Lipinski definition) is 3. The van der Waals surface area contributed by atoms with Gasteiger partial charge in [0.1, 0.15) is 0 Å². The molecule has 1 aromatic heterocycles. The molecule has 1 amide bonds. The number of halogens is 1. The fraction of sp³-hybridized carbons (Fsp3) is 0.571. The van der Waals surface area contributed by atoms with E-state index in [0.717, 1.165) is 12.8 Å². The van der Waals surface area contributed by atoms with Gasteiger partial charge >= 0.3 is 0 Å². The average Bonchev–Trinajstić information content (AvgIpc) is 2.48. The molecular formula is C14H19ClN2O3. The van der Waals surface area contributed by atoms with Crippen molar-refractivity contribution in [3.05, 3.63) is 34.2 Å². The number of likely N-dealkylation sites (tertiary alicyclic amines) is 1. The molecule has 0 aliphatic carbocycles. The zero-order valence-corrected chi connectivity index (χ0v) is 12.3. The Morgan fingerprint density at radius 2 is 2.15 bits per heavy atom. The zero-order valence-electron chi connectivity index (χ0n) is 11.5. The number of aryl methyl sites for hydroxylation is 1. The monoisotopic (exact) mass is 298 g/mol. The predicted octanol–water partition coefficient (Wildman–Crippen LogP) is 1.25. The molecule has 0 spiro atoms. The van der Waals surface area contributed by atoms with Crippen LogP contribution in [0, 0.1) is 0 Å². The first-order valence-corrected chi connectivity index (χ1v) is 7.29. The van der Waals surface area contributed by atoms with E-state index in [1.807, 2.05) is 0 Å². The number of amides is 1. The van der Waals surface area contributed by atoms with E-state index in [9.17, 15) is 9.59 Å². The summed E-state index contributed by atoms with van der Waals surface area (Å²) in [4.78, 5) is 25.6. The Hall–Kier alpha value is -1.33. The lowest BCUT2D eigenvalue weighted by molar-refractivity contribution is 0.0154. The fourth-order valence-corrected chi connectivity index (χ4v) is 2.39. The van der Waals surface area contributed by atoms with Crippen molar-refractivity contribution in [2.75, 3.05) is 25.6 Å². The summed E-state index contributed by atoms with van der Waals surface area (Å²) in [5.74, 6) is 0.408. The number of nitrogens with zero attached hydrogens (tertiary/aromatic N) is 2. The summed E-state index contributed by atoms with van der Waals surface area (Å²) in [5.41, 5.74) is 0.282. The Morgan fingerprint density at radius 1 is 1.45 bits per heavy atom. The lowest BCUT2D eigenvalue weighted by Crippen LogP contribution is -2.41. The Balaban J connectivity index is 1.94. The van der Waals surface area contributed by atoms with Gasteiger partial charge in [0.2, 0.25) is 0 Å². The second-order valence-corrected chi connectivity index (χ2v) is 5.29. The van der Waals surface area contributed by atoms with E-state index in [1.165, 1.54) is 10.6 Å². The number of rotatable bonds is 4. The summed E-state index contributed by atoms with van der Waals surface area (Å²) >= 11 is 5.59. The predicted molar refractivity (Wildman–Crippen MR) is 77.3 cm³/mol. The van der Waals surface area contributed by atoms with Gasteiger partial charge in [0, 0.05) is 43.8 Å². The number of carbonyl (C=O) groups is 1. The van der Waals surface area contributed by atoms with Gasteiger partial charge in [0.05, 0.1) is 12.7 Å². The van der Waals surface area contributed by atoms with E-state index < -0.39 is 0 Å². The Bertz CT molecular complexity index is 521. The molecule has 2 rings (SSSR count). The summed E-state index contributed by atoms with van der Waals surface area (Å²) < 4.78 is 7.02. The Kier molecular flexibility index (Phi) is 5.20. The molecule has 0 bridgehead atoms. The zero-order chi connectivity index (χ0) is 14.5. The standard InChI is InChI=1S/C14H19ClN2O3/c1-16-6-2-11(10-13(16)18)14(19)17-7-3-12(4-8-17)20-9-5-15/h2,6,10,12H,3-5,7-9H2,1H3. The minimum atomic E-state index is -0.170. The van der Waals surface area contributed by atoms with Crippen LogP contribution in [0.3, 0.4) is 0 Å². The molecule has 1 fully saturated rings. The highest BCUT2D eigenvalue weighted by Gasteiger charge is 2.24. The van der Waals surface area contributed by atoms with Gasteiger partial charge in [-0.1, -0.05) is 0 Å². The van der Waals surface area contributed by atoms with Crippen LogP contribution in [0.2, 0.25) is 0 Å². The number of ether oxygens (including phenoxy) is 1. The second-order valence-electron chi connectivity index (χ2n) is 4.92. The highest BCUT2D eigenvalue weighted by atomic mass is 35.5. The van der Waals surface area contributed by atoms with Crippen molar-refractivity contribution in [3.8, 4) is 0 Å². The minimum Gasteiger partial charge on any atom is -0.377 e. The molecule has 0 saturated carbocycles. The summed E-state index contributed by atoms with van der Waals surface area (Å²) in [7, 11) is 1.66. The van der Waals surface area contributed by atoms with Crippen molar-refractivity contribution in [2.24, 2.45) is 7.05 Å². The van der Waals surface area contributed by atoms with Crippen LogP contribution in [0.15, 0.2) is 23.1 Å². The smallest absolute Gasteiger partial charge is 0.254 e. The number of pyridine rings is 1. The largest absolute Gasteiger partial charge is 0.377 e. The quantitative estimate of drug-likeness (QED) is 0.786. The Labute approximate surface area is 123 Å². The first kappa shape index (κ1) is 15.1. The molecule has 110 valence electrons. The van der Waals surface area contributed by atoms with Gasteiger partial charge in [-0.3, -0.25) is 9.59 Å². The highest BCUT2D eigenvalue weighted by molar-refractivity contribution is 6.17. The van der Waals surface area contributed by atoms with Crippen molar-refractivity contribution >= 4 is 17.5 Å². The van der Waals surface area contributed by atoms with Crippen molar-refractivity contribution in [1.29, 1.82) is 0 Å². The molecule has 20 heavy (non-hydrogen) atoms. The molecule has 0 N–H and O–H groups in total. The number of hydrogen-bond donors (Lipinski definition) is 0. The molecule has 0 aromatic carbocycles. The van der Waals surface area contributed by atoms with Crippen molar-refractivity contribution in [1.82, 2.24) is 9.47 Å². The SMILES string of the molecule is Cn1ccc(C(=O)N2CCC(OCCCl)CC2)cc1=O. The molecule has 1 aliphatic heterocycles. The van der Waals surface area contributed by atoms with Crippen LogP contribution in [-0.4, -0.2) is 47.1 Å². The summed E-state index contributed by atoms with van der Waals surface area (Å²) in [6, 6.07) is 3.07. The minimum absolute atomic E-state index is 0.0847. The number of alkyl halides is 1. The molecule has 6 heteroatoms. The Morgan fingerprint density at radius 3 is 2.75 bits per heavy atom. The maximum atomic E-state index is 12.3.